The van der Waals surface area contributed by atoms with E-state index in [1.807, 2.05) is 24.9 Å². The maximum absolute atomic E-state index is 12.3. The molecule has 1 aromatic rings. The van der Waals surface area contributed by atoms with Crippen molar-refractivity contribution in [3.63, 3.8) is 0 Å². The number of piperidine rings is 2. The largest absolute Gasteiger partial charge is 0.385 e. The van der Waals surface area contributed by atoms with Gasteiger partial charge in [0.05, 0.1) is 0 Å². The first-order chi connectivity index (χ1) is 12.5. The molecule has 1 spiro atoms. The van der Waals surface area contributed by atoms with Crippen LogP contribution in [0.5, 0.6) is 0 Å². The summed E-state index contributed by atoms with van der Waals surface area (Å²) in [6.07, 6.45) is 4.80. The fraction of sp³-hybridized carbons (Fsp3) is 0.737. The predicted molar refractivity (Wildman–Crippen MR) is 103 cm³/mol. The van der Waals surface area contributed by atoms with Crippen LogP contribution in [-0.4, -0.2) is 67.7 Å². The van der Waals surface area contributed by atoms with Crippen LogP contribution in [0.1, 0.15) is 37.8 Å². The van der Waals surface area contributed by atoms with E-state index in [4.69, 9.17) is 4.74 Å². The number of aromatic nitrogens is 2. The summed E-state index contributed by atoms with van der Waals surface area (Å²) < 4.78 is 5.14. The molecule has 1 N–H and O–H groups in total. The fourth-order valence-electron chi connectivity index (χ4n) is 4.24. The van der Waals surface area contributed by atoms with Crippen LogP contribution in [0.25, 0.3) is 0 Å². The van der Waals surface area contributed by atoms with E-state index in [-0.39, 0.29) is 11.3 Å². The second-order valence-corrected chi connectivity index (χ2v) is 7.63. The summed E-state index contributed by atoms with van der Waals surface area (Å²) in [6, 6.07) is 1.96. The molecule has 2 aliphatic rings. The van der Waals surface area contributed by atoms with Gasteiger partial charge in [-0.3, -0.25) is 4.79 Å². The Morgan fingerprint density at radius 2 is 2.15 bits per heavy atom. The number of amides is 1. The Hall–Kier alpha value is -1.89. The van der Waals surface area contributed by atoms with Crippen molar-refractivity contribution in [3.05, 3.63) is 11.8 Å². The molecule has 7 nitrogen and oxygen atoms in total. The van der Waals surface area contributed by atoms with Crippen LogP contribution in [0.2, 0.25) is 0 Å². The van der Waals surface area contributed by atoms with Gasteiger partial charge in [0.25, 0.3) is 0 Å². The van der Waals surface area contributed by atoms with Gasteiger partial charge >= 0.3 is 0 Å². The molecule has 2 fully saturated rings. The molecule has 1 amide bonds. The number of aryl methyl sites for hydroxylation is 1. The van der Waals surface area contributed by atoms with E-state index in [2.05, 4.69) is 20.2 Å². The Labute approximate surface area is 156 Å². The number of hydrogen-bond acceptors (Lipinski definition) is 6. The molecular weight excluding hydrogens is 330 g/mol. The molecule has 0 bridgehead atoms. The normalized spacial score (nSPS) is 23.6. The van der Waals surface area contributed by atoms with Crippen molar-refractivity contribution in [2.24, 2.45) is 5.41 Å². The Morgan fingerprint density at radius 3 is 2.92 bits per heavy atom. The smallest absolute Gasteiger partial charge is 0.227 e. The number of methoxy groups -OCH3 is 1. The van der Waals surface area contributed by atoms with Gasteiger partial charge in [0, 0.05) is 70.5 Å². The van der Waals surface area contributed by atoms with E-state index >= 15 is 0 Å². The molecule has 2 saturated heterocycles. The summed E-state index contributed by atoms with van der Waals surface area (Å²) in [5.74, 6) is 1.94. The number of carbonyl (C=O) groups is 1. The van der Waals surface area contributed by atoms with E-state index in [9.17, 15) is 4.79 Å². The number of anilines is 2. The molecule has 3 rings (SSSR count). The third-order valence-electron chi connectivity index (χ3n) is 5.57. The molecule has 3 heterocycles. The van der Waals surface area contributed by atoms with Crippen LogP contribution in [0.15, 0.2) is 6.07 Å². The van der Waals surface area contributed by atoms with E-state index in [1.54, 1.807) is 7.11 Å². The lowest BCUT2D eigenvalue weighted by Gasteiger charge is -2.48. The van der Waals surface area contributed by atoms with Gasteiger partial charge in [-0.05, 0) is 32.6 Å². The highest BCUT2D eigenvalue weighted by Gasteiger charge is 2.42. The highest BCUT2D eigenvalue weighted by molar-refractivity contribution is 5.77. The molecule has 0 saturated carbocycles. The number of rotatable bonds is 6. The number of nitrogens with zero attached hydrogens (tertiary/aromatic N) is 4. The average Bonchev–Trinajstić information content (AvgIpc) is 2.64. The Bertz CT molecular complexity index is 638. The first-order valence-electron chi connectivity index (χ1n) is 9.60. The molecule has 0 radical (unpaired) electrons. The van der Waals surface area contributed by atoms with Gasteiger partial charge in [-0.25, -0.2) is 4.98 Å². The van der Waals surface area contributed by atoms with Gasteiger partial charge in [-0.15, -0.1) is 0 Å². The van der Waals surface area contributed by atoms with Crippen molar-refractivity contribution in [2.45, 2.75) is 39.0 Å². The number of hydrogen-bond donors (Lipinski definition) is 1. The van der Waals surface area contributed by atoms with Gasteiger partial charge in [0.1, 0.15) is 5.82 Å². The van der Waals surface area contributed by atoms with Crippen LogP contribution in [0.4, 0.5) is 11.8 Å². The summed E-state index contributed by atoms with van der Waals surface area (Å²) in [4.78, 5) is 26.0. The summed E-state index contributed by atoms with van der Waals surface area (Å²) in [6.45, 7) is 6.24. The van der Waals surface area contributed by atoms with Gasteiger partial charge in [0.2, 0.25) is 11.9 Å². The zero-order chi connectivity index (χ0) is 18.6. The first kappa shape index (κ1) is 18.9. The standard InChI is InChI=1S/C19H31N5O2/c1-15-12-16(20-2)22-18(21-15)24-9-4-7-19(14-24)8-6-17(25)23(13-19)10-5-11-26-3/h12H,4-11,13-14H2,1-3H3,(H,20,21,22)/t19-/m0/s1. The van der Waals surface area contributed by atoms with Crippen molar-refractivity contribution in [1.82, 2.24) is 14.9 Å². The van der Waals surface area contributed by atoms with Crippen molar-refractivity contribution in [1.29, 1.82) is 0 Å². The molecule has 144 valence electrons. The zero-order valence-electron chi connectivity index (χ0n) is 16.3. The Kier molecular flexibility index (Phi) is 5.96. The van der Waals surface area contributed by atoms with Crippen LogP contribution in [-0.2, 0) is 9.53 Å². The molecule has 0 aliphatic carbocycles. The number of nitrogens with one attached hydrogen (secondary N) is 1. The minimum atomic E-state index is 0.159. The van der Waals surface area contributed by atoms with Crippen molar-refractivity contribution < 1.29 is 9.53 Å². The second-order valence-electron chi connectivity index (χ2n) is 7.63. The summed E-state index contributed by atoms with van der Waals surface area (Å²) in [5.41, 5.74) is 1.13. The van der Waals surface area contributed by atoms with Crippen LogP contribution < -0.4 is 10.2 Å². The lowest BCUT2D eigenvalue weighted by atomic mass is 9.73. The summed E-state index contributed by atoms with van der Waals surface area (Å²) >= 11 is 0. The van der Waals surface area contributed by atoms with Gasteiger partial charge < -0.3 is 19.9 Å². The first-order valence-corrected chi connectivity index (χ1v) is 9.60. The molecule has 0 aromatic carbocycles. The SMILES string of the molecule is CNc1cc(C)nc(N2CCC[C@@]3(CCC(=O)N(CCCOC)C3)C2)n1. The second kappa shape index (κ2) is 8.20. The topological polar surface area (TPSA) is 70.6 Å². The summed E-state index contributed by atoms with van der Waals surface area (Å²) in [7, 11) is 3.59. The molecule has 7 heteroatoms. The monoisotopic (exact) mass is 361 g/mol. The van der Waals surface area contributed by atoms with E-state index in [1.165, 1.54) is 6.42 Å². The lowest BCUT2D eigenvalue weighted by molar-refractivity contribution is -0.138. The molecule has 26 heavy (non-hydrogen) atoms. The quantitative estimate of drug-likeness (QED) is 0.782. The lowest BCUT2D eigenvalue weighted by Crippen LogP contribution is -2.54. The van der Waals surface area contributed by atoms with Gasteiger partial charge in [0.15, 0.2) is 0 Å². The third kappa shape index (κ3) is 4.26. The van der Waals surface area contributed by atoms with Crippen molar-refractivity contribution >= 4 is 17.7 Å². The molecule has 1 atom stereocenters. The molecule has 2 aliphatic heterocycles. The van der Waals surface area contributed by atoms with Gasteiger partial charge in [-0.1, -0.05) is 0 Å². The number of carbonyl (C=O) groups excluding carboxylic acids is 1. The van der Waals surface area contributed by atoms with Crippen LogP contribution in [0, 0.1) is 12.3 Å². The van der Waals surface area contributed by atoms with Gasteiger partial charge in [-0.2, -0.15) is 4.98 Å². The van der Waals surface area contributed by atoms with Crippen molar-refractivity contribution in [3.8, 4) is 0 Å². The third-order valence-corrected chi connectivity index (χ3v) is 5.57. The number of ether oxygens (including phenoxy) is 1. The van der Waals surface area contributed by atoms with E-state index in [0.717, 1.165) is 62.9 Å². The minimum Gasteiger partial charge on any atom is -0.385 e. The molecular formula is C19H31N5O2. The van der Waals surface area contributed by atoms with Crippen molar-refractivity contribution in [2.75, 3.05) is 57.2 Å². The van der Waals surface area contributed by atoms with Crippen LogP contribution >= 0.6 is 0 Å². The number of likely N-dealkylation sites (tertiary alicyclic amines) is 1. The predicted octanol–water partition coefficient (Wildman–Crippen LogP) is 2.07. The average molecular weight is 361 g/mol. The van der Waals surface area contributed by atoms with Crippen LogP contribution in [0.3, 0.4) is 0 Å². The maximum atomic E-state index is 12.3. The minimum absolute atomic E-state index is 0.159. The van der Waals surface area contributed by atoms with E-state index in [0.29, 0.717) is 13.0 Å². The fourth-order valence-corrected chi connectivity index (χ4v) is 4.24. The highest BCUT2D eigenvalue weighted by atomic mass is 16.5. The Balaban J connectivity index is 1.72. The molecule has 0 unspecified atom stereocenters. The maximum Gasteiger partial charge on any atom is 0.227 e. The highest BCUT2D eigenvalue weighted by Crippen LogP contribution is 2.39. The summed E-state index contributed by atoms with van der Waals surface area (Å²) in [5, 5.41) is 3.12. The zero-order valence-corrected chi connectivity index (χ0v) is 16.3. The molecule has 1 aromatic heterocycles. The van der Waals surface area contributed by atoms with E-state index < -0.39 is 0 Å². The Morgan fingerprint density at radius 1 is 1.31 bits per heavy atom.